The number of aliphatic hydroxyl groups excluding tert-OH is 2. The van der Waals surface area contributed by atoms with Crippen molar-refractivity contribution in [3.05, 3.63) is 40.4 Å². The van der Waals surface area contributed by atoms with Crippen molar-refractivity contribution in [1.82, 2.24) is 0 Å². The van der Waals surface area contributed by atoms with Gasteiger partial charge in [-0.2, -0.15) is 0 Å². The number of nitrogens with zero attached hydrogens (tertiary/aromatic N) is 3. The maximum absolute atomic E-state index is 9.55. The first-order chi connectivity index (χ1) is 40.4. The van der Waals surface area contributed by atoms with Crippen molar-refractivity contribution >= 4 is 293 Å². The minimum atomic E-state index is -1.61. The van der Waals surface area contributed by atoms with Crippen molar-refractivity contribution < 1.29 is 109 Å². The molecule has 0 amide bonds. The van der Waals surface area contributed by atoms with Gasteiger partial charge in [-0.05, 0) is 141 Å². The van der Waals surface area contributed by atoms with Gasteiger partial charge in [-0.1, -0.05) is 244 Å². The quantitative estimate of drug-likeness (QED) is 0.0233. The number of nitrogens with two attached hydrogens (primary N) is 1. The van der Waals surface area contributed by atoms with Crippen molar-refractivity contribution in [2.45, 2.75) is 178 Å². The van der Waals surface area contributed by atoms with Crippen LogP contribution in [0.5, 0.6) is 0 Å². The predicted octanol–water partition coefficient (Wildman–Crippen LogP) is 12.6. The summed E-state index contributed by atoms with van der Waals surface area (Å²) in [5.41, 5.74) is 9.29. The number of ether oxygens (including phenoxy) is 9. The maximum atomic E-state index is 9.55. The van der Waals surface area contributed by atoms with E-state index in [9.17, 15) is 5.11 Å². The fourth-order valence-electron chi connectivity index (χ4n) is 6.46. The van der Waals surface area contributed by atoms with Gasteiger partial charge in [-0.3, -0.25) is 4.99 Å². The van der Waals surface area contributed by atoms with E-state index in [1.54, 1.807) is 20.8 Å². The number of halogens is 23. The molecule has 542 valence electrons. The molecule has 93 heavy (non-hydrogen) atoms. The second kappa shape index (κ2) is 50.9. The van der Waals surface area contributed by atoms with Crippen molar-refractivity contribution in [3.8, 4) is 0 Å². The summed E-state index contributed by atoms with van der Waals surface area (Å²) in [6.45, 7) is 25.5. The molecule has 0 bridgehead atoms. The molecule has 0 unspecified atom stereocenters. The average Bonchev–Trinajstić information content (AvgIpc) is 1.70. The van der Waals surface area contributed by atoms with E-state index in [1.165, 1.54) is 0 Å². The molecule has 0 saturated carbocycles. The molecule has 0 aromatic rings. The topological polar surface area (TPSA) is 187 Å². The third kappa shape index (κ3) is 62.0. The monoisotopic (exact) mass is 2000 g/mol. The summed E-state index contributed by atoms with van der Waals surface area (Å²) in [5.74, 6) is 1.69. The van der Waals surface area contributed by atoms with Gasteiger partial charge < -0.3 is 77.0 Å². The number of aliphatic hydroxyl groups is 2. The van der Waals surface area contributed by atoms with E-state index in [0.717, 1.165) is 33.4 Å². The summed E-state index contributed by atoms with van der Waals surface area (Å²) in [6.07, 6.45) is 0.438. The Morgan fingerprint density at radius 3 is 0.882 bits per heavy atom. The maximum Gasteiger partial charge on any atom is 1.00 e. The molecular weight excluding hydrogens is 1940 g/mol. The third-order valence-corrected chi connectivity index (χ3v) is 13.4. The van der Waals surface area contributed by atoms with Gasteiger partial charge in [0.25, 0.3) is 0 Å². The van der Waals surface area contributed by atoms with Crippen LogP contribution in [0.2, 0.25) is 0 Å². The average molecular weight is 2020 g/mol. The summed E-state index contributed by atoms with van der Waals surface area (Å²) < 4.78 is 40.6. The molecule has 15 nitrogen and oxygen atoms in total. The smallest absolute Gasteiger partial charge is 1.00 e. The summed E-state index contributed by atoms with van der Waals surface area (Å²) in [6, 6.07) is 0. The van der Waals surface area contributed by atoms with Gasteiger partial charge in [0.1, 0.15) is 29.7 Å². The van der Waals surface area contributed by atoms with Crippen LogP contribution in [-0.2, 0) is 42.6 Å². The van der Waals surface area contributed by atoms with Crippen LogP contribution in [0.15, 0.2) is 48.4 Å². The Morgan fingerprint density at radius 2 is 0.720 bits per heavy atom. The molecule has 3 heterocycles. The number of aliphatic imine (C=N–C) groups is 3. The standard InChI is InChI=1S/C16H22BrCl6NO3.C16H23Cl6NO4.C16H22Cl6NO3.C4H11NO.Br3P.BrH.2Li.H/c1-10(6-17)11(13-24-14(2,3)7-27-13)4-5-12(25-8-15(18,19)20)26-9-16(21,22)23;1-10(6-24)11(13-23-14(2,3)7-27-13)4-5-12(25-8-15(17,18)19)26-9-16(20,21)22;1-10(2)11(13-23-14(3,4)7-26-13)5-6-12(24-8-15(17,18)19)25-9-16(20,21)22;1-4(2,5)3-6;1-4(2)3;;;;/h12H,4-9H2,1-3H3;12,24H,4-9H2,1-3H3;12H,1,5-9H2,2-4H3;6H,3,5H2,1-2H3;;1H;;;/q;;-1;;;;2*+1;-1/p-1/b2*11-10-;11-10+;;;;;;. The number of hydrogen-bond acceptors (Lipinski definition) is 15. The van der Waals surface area contributed by atoms with Gasteiger partial charge in [-0.25, -0.2) is 22.5 Å². The van der Waals surface area contributed by atoms with Crippen LogP contribution in [0.25, 0.3) is 0 Å². The van der Waals surface area contributed by atoms with E-state index in [1.807, 2.05) is 55.4 Å². The molecule has 0 aromatic heterocycles. The number of allylic oxidation sites excluding steroid dienone is 2. The van der Waals surface area contributed by atoms with Gasteiger partial charge in [0.05, 0.1) is 69.5 Å². The molecular formula is C52H79Br5Cl18Li2N4O11P-. The Morgan fingerprint density at radius 1 is 0.516 bits per heavy atom. The molecule has 0 aromatic carbocycles. The SMILES string of the molecule is BrP(Br)Br.C/C(CBr)=C(\CCC(OCC(Cl)(Cl)Cl)OCC(Cl)(Cl)Cl)C1=NC(C)(C)CO1.C/C(CO)=C(\CCC(OCC(Cl)(Cl)Cl)OCC(Cl)(Cl)Cl)C1=NC(C)(C)CO1.CC(C)(N)CO.[Br-].[CH2-]/C(C)=C(/CCC(OCC(Cl)(Cl)Cl)OCC(Cl)(Cl)Cl)C1=NC(C)(C)CO1.[H-].[Li+].[Li+]. The second-order valence-electron chi connectivity index (χ2n) is 22.4. The normalized spacial score (nSPS) is 17.1. The van der Waals surface area contributed by atoms with E-state index in [2.05, 4.69) is 84.3 Å². The minimum Gasteiger partial charge on any atom is -1.00 e. The van der Waals surface area contributed by atoms with Gasteiger partial charge in [-0.15, -0.1) is 5.57 Å². The van der Waals surface area contributed by atoms with Crippen LogP contribution < -0.4 is 60.4 Å². The number of hydrogen-bond donors (Lipinski definition) is 3. The zero-order valence-corrected chi connectivity index (χ0v) is 75.7. The fourth-order valence-corrected chi connectivity index (χ4v) is 7.93. The minimum absolute atomic E-state index is 0. The molecule has 0 spiro atoms. The first-order valence-corrected chi connectivity index (χ1v) is 41.8. The molecule has 3 rings (SSSR count). The largest absolute Gasteiger partial charge is 1.00 e. The van der Waals surface area contributed by atoms with Crippen molar-refractivity contribution in [1.29, 1.82) is 0 Å². The van der Waals surface area contributed by atoms with Crippen LogP contribution in [0, 0.1) is 6.92 Å². The zero-order valence-electron chi connectivity index (χ0n) is 54.3. The predicted molar refractivity (Wildman–Crippen MR) is 403 cm³/mol. The van der Waals surface area contributed by atoms with Crippen LogP contribution in [0.4, 0.5) is 0 Å². The molecule has 41 heteroatoms. The van der Waals surface area contributed by atoms with Crippen LogP contribution >= 0.6 is 275 Å². The first-order valence-electron chi connectivity index (χ1n) is 26.4. The first kappa shape index (κ1) is 108. The molecule has 0 fully saturated rings. The van der Waals surface area contributed by atoms with Gasteiger partial charge in [0.15, 0.2) is 18.9 Å². The Hall–Kier alpha value is 6.38. The zero-order chi connectivity index (χ0) is 70.7. The third-order valence-electron chi connectivity index (χ3n) is 10.6. The molecule has 4 N–H and O–H groups in total. The van der Waals surface area contributed by atoms with E-state index in [4.69, 9.17) is 262 Å². The Kier molecular flexibility index (Phi) is 59.1. The van der Waals surface area contributed by atoms with Gasteiger partial charge in [0.2, 0.25) is 34.6 Å². The summed E-state index contributed by atoms with van der Waals surface area (Å²) in [5, 5.41) is 18.5. The number of alkyl halides is 19. The van der Waals surface area contributed by atoms with E-state index in [-0.39, 0.29) is 130 Å². The van der Waals surface area contributed by atoms with E-state index >= 15 is 0 Å². The van der Waals surface area contributed by atoms with Gasteiger partial charge >= 0.3 is 37.7 Å². The molecule has 3 aliphatic rings. The molecule has 0 radical (unpaired) electrons. The molecule has 0 saturated heterocycles. The fraction of sp³-hybridized carbons (Fsp3) is 0.808. The molecule has 0 aliphatic carbocycles. The number of rotatable bonds is 27. The molecule has 3 aliphatic heterocycles. The second-order valence-corrected chi connectivity index (χ2v) is 53.4. The van der Waals surface area contributed by atoms with E-state index < -0.39 is 47.2 Å². The van der Waals surface area contributed by atoms with E-state index in [0.29, 0.717) is 81.4 Å². The molecule has 0 atom stereocenters. The van der Waals surface area contributed by atoms with Crippen LogP contribution in [0.3, 0.4) is 0 Å². The van der Waals surface area contributed by atoms with Crippen molar-refractivity contribution in [2.75, 3.05) is 78.0 Å². The van der Waals surface area contributed by atoms with Crippen LogP contribution in [0.1, 0.15) is 116 Å². The van der Waals surface area contributed by atoms with Gasteiger partial charge in [0, 0.05) is 34.9 Å². The summed E-state index contributed by atoms with van der Waals surface area (Å²) in [4.78, 5) is 13.8. The Balaban J connectivity index is -0.000000281. The Bertz CT molecular complexity index is 2180. The summed E-state index contributed by atoms with van der Waals surface area (Å²) >= 11 is 116. The van der Waals surface area contributed by atoms with Crippen LogP contribution in [-0.4, -0.2) is 170 Å². The Labute approximate surface area is 710 Å². The van der Waals surface area contributed by atoms with Crippen molar-refractivity contribution in [2.24, 2.45) is 20.7 Å². The summed E-state index contributed by atoms with van der Waals surface area (Å²) in [7, 11) is 0. The van der Waals surface area contributed by atoms with Crippen molar-refractivity contribution in [3.63, 3.8) is 0 Å².